The van der Waals surface area contributed by atoms with Crippen LogP contribution in [0.15, 0.2) is 42.5 Å². The molecule has 2 rings (SSSR count). The first-order valence-electron chi connectivity index (χ1n) is 8.12. The van der Waals surface area contributed by atoms with E-state index in [1.54, 1.807) is 0 Å². The average molecular weight is 357 g/mol. The zero-order valence-corrected chi connectivity index (χ0v) is 15.5. The molecule has 1 amide bonds. The van der Waals surface area contributed by atoms with Crippen LogP contribution in [-0.4, -0.2) is 17.6 Å². The van der Waals surface area contributed by atoms with Crippen molar-refractivity contribution >= 4 is 28.9 Å². The zero-order valence-electron chi connectivity index (χ0n) is 14.7. The lowest BCUT2D eigenvalue weighted by Gasteiger charge is -2.13. The molecule has 0 aliphatic rings. The lowest BCUT2D eigenvalue weighted by molar-refractivity contribution is -0.123. The summed E-state index contributed by atoms with van der Waals surface area (Å²) in [7, 11) is 0. The van der Waals surface area contributed by atoms with Crippen LogP contribution in [0.3, 0.4) is 0 Å². The number of aryl methyl sites for hydroxylation is 3. The van der Waals surface area contributed by atoms with Crippen LogP contribution >= 0.6 is 12.2 Å². The van der Waals surface area contributed by atoms with Gasteiger partial charge in [-0.05, 0) is 73.4 Å². The number of ether oxygens (including phenoxy) is 1. The van der Waals surface area contributed by atoms with Crippen molar-refractivity contribution in [1.29, 1.82) is 0 Å². The molecule has 0 spiro atoms. The summed E-state index contributed by atoms with van der Waals surface area (Å²) < 4.78 is 5.43. The number of rotatable bonds is 5. The van der Waals surface area contributed by atoms with Gasteiger partial charge in [0.1, 0.15) is 5.75 Å². The van der Waals surface area contributed by atoms with Gasteiger partial charge in [-0.3, -0.25) is 15.6 Å². The summed E-state index contributed by atoms with van der Waals surface area (Å²) >= 11 is 5.17. The second-order valence-corrected chi connectivity index (χ2v) is 6.20. The third-order valence-corrected chi connectivity index (χ3v) is 3.70. The predicted molar refractivity (Wildman–Crippen MR) is 105 cm³/mol. The highest BCUT2D eigenvalue weighted by Gasteiger charge is 2.04. The van der Waals surface area contributed by atoms with Gasteiger partial charge in [-0.15, -0.1) is 0 Å². The van der Waals surface area contributed by atoms with Crippen molar-refractivity contribution in [2.24, 2.45) is 0 Å². The fourth-order valence-electron chi connectivity index (χ4n) is 2.34. The number of nitrogens with one attached hydrogen (secondary N) is 3. The normalized spacial score (nSPS) is 10.0. The van der Waals surface area contributed by atoms with E-state index in [1.165, 1.54) is 5.56 Å². The standard InChI is InChI=1S/C19H23N3O2S/c1-4-15-5-7-17(8-6-15)24-12-18(23)21-22-19(25)20-16-10-13(2)9-14(3)11-16/h5-11H,4,12H2,1-3H3,(H,21,23)(H2,20,22,25). The number of hydrogen-bond donors (Lipinski definition) is 3. The maximum Gasteiger partial charge on any atom is 0.276 e. The summed E-state index contributed by atoms with van der Waals surface area (Å²) in [6.07, 6.45) is 0.968. The molecule has 3 N–H and O–H groups in total. The summed E-state index contributed by atoms with van der Waals surface area (Å²) in [6, 6.07) is 13.7. The minimum atomic E-state index is -0.316. The number of hydrogen-bond acceptors (Lipinski definition) is 3. The quantitative estimate of drug-likeness (QED) is 0.566. The number of hydrazine groups is 1. The monoisotopic (exact) mass is 357 g/mol. The molecule has 0 saturated carbocycles. The van der Waals surface area contributed by atoms with Crippen LogP contribution in [0.5, 0.6) is 5.75 Å². The van der Waals surface area contributed by atoms with Gasteiger partial charge in [0.15, 0.2) is 11.7 Å². The lowest BCUT2D eigenvalue weighted by atomic mass is 10.1. The van der Waals surface area contributed by atoms with Crippen LogP contribution in [0.2, 0.25) is 0 Å². The summed E-state index contributed by atoms with van der Waals surface area (Å²) in [5.41, 5.74) is 9.54. The molecule has 0 unspecified atom stereocenters. The molecule has 0 aromatic heterocycles. The second-order valence-electron chi connectivity index (χ2n) is 5.79. The van der Waals surface area contributed by atoms with Crippen molar-refractivity contribution in [2.45, 2.75) is 27.2 Å². The minimum absolute atomic E-state index is 0.0926. The molecule has 0 radical (unpaired) electrons. The number of amides is 1. The maximum atomic E-state index is 11.8. The molecule has 2 aromatic rings. The number of benzene rings is 2. The molecule has 2 aromatic carbocycles. The van der Waals surface area contributed by atoms with Crippen molar-refractivity contribution < 1.29 is 9.53 Å². The number of anilines is 1. The van der Waals surface area contributed by atoms with Crippen molar-refractivity contribution in [3.63, 3.8) is 0 Å². The Kier molecular flexibility index (Phi) is 6.77. The van der Waals surface area contributed by atoms with Gasteiger partial charge in [0.05, 0.1) is 0 Å². The lowest BCUT2D eigenvalue weighted by Crippen LogP contribution is -2.45. The van der Waals surface area contributed by atoms with Crippen molar-refractivity contribution in [3.05, 3.63) is 59.2 Å². The van der Waals surface area contributed by atoms with Gasteiger partial charge in [-0.2, -0.15) is 0 Å². The van der Waals surface area contributed by atoms with Crippen molar-refractivity contribution in [2.75, 3.05) is 11.9 Å². The van der Waals surface area contributed by atoms with Crippen LogP contribution in [0.1, 0.15) is 23.6 Å². The highest BCUT2D eigenvalue weighted by atomic mass is 32.1. The smallest absolute Gasteiger partial charge is 0.276 e. The topological polar surface area (TPSA) is 62.4 Å². The van der Waals surface area contributed by atoms with E-state index in [0.29, 0.717) is 10.9 Å². The van der Waals surface area contributed by atoms with Gasteiger partial charge in [-0.25, -0.2) is 0 Å². The van der Waals surface area contributed by atoms with Gasteiger partial charge < -0.3 is 10.1 Å². The predicted octanol–water partition coefficient (Wildman–Crippen LogP) is 3.26. The molecule has 0 aliphatic heterocycles. The van der Waals surface area contributed by atoms with Gasteiger partial charge in [-0.1, -0.05) is 25.1 Å². The Morgan fingerprint density at radius 2 is 1.68 bits per heavy atom. The van der Waals surface area contributed by atoms with E-state index >= 15 is 0 Å². The molecule has 0 heterocycles. The van der Waals surface area contributed by atoms with E-state index in [2.05, 4.69) is 29.2 Å². The Hall–Kier alpha value is -2.60. The Bertz CT molecular complexity index is 725. The van der Waals surface area contributed by atoms with Crippen LogP contribution in [0.4, 0.5) is 5.69 Å². The van der Waals surface area contributed by atoms with Gasteiger partial charge in [0.2, 0.25) is 0 Å². The van der Waals surface area contributed by atoms with Crippen LogP contribution < -0.4 is 20.9 Å². The number of carbonyl (C=O) groups is 1. The van der Waals surface area contributed by atoms with Crippen LogP contribution in [0, 0.1) is 13.8 Å². The van der Waals surface area contributed by atoms with E-state index < -0.39 is 0 Å². The molecule has 0 saturated heterocycles. The van der Waals surface area contributed by atoms with E-state index in [9.17, 15) is 4.79 Å². The summed E-state index contributed by atoms with van der Waals surface area (Å²) in [5, 5.41) is 3.34. The molecule has 0 fully saturated rings. The van der Waals surface area contributed by atoms with E-state index in [4.69, 9.17) is 17.0 Å². The third kappa shape index (κ3) is 6.43. The van der Waals surface area contributed by atoms with Crippen LogP contribution in [-0.2, 0) is 11.2 Å². The minimum Gasteiger partial charge on any atom is -0.484 e. The molecule has 25 heavy (non-hydrogen) atoms. The molecule has 0 bridgehead atoms. The van der Waals surface area contributed by atoms with Crippen LogP contribution in [0.25, 0.3) is 0 Å². The summed E-state index contributed by atoms with van der Waals surface area (Å²) in [4.78, 5) is 11.8. The highest BCUT2D eigenvalue weighted by Crippen LogP contribution is 2.13. The molecule has 132 valence electrons. The second kappa shape index (κ2) is 9.03. The highest BCUT2D eigenvalue weighted by molar-refractivity contribution is 7.80. The summed E-state index contributed by atoms with van der Waals surface area (Å²) in [6.45, 7) is 6.02. The molecular formula is C19H23N3O2S. The first kappa shape index (κ1) is 18.7. The Morgan fingerprint density at radius 3 is 2.28 bits per heavy atom. The molecule has 6 heteroatoms. The van der Waals surface area contributed by atoms with Crippen molar-refractivity contribution in [3.8, 4) is 5.75 Å². The van der Waals surface area contributed by atoms with E-state index in [-0.39, 0.29) is 12.5 Å². The average Bonchev–Trinajstić information content (AvgIpc) is 2.57. The fraction of sp³-hybridized carbons (Fsp3) is 0.263. The van der Waals surface area contributed by atoms with Gasteiger partial charge in [0, 0.05) is 5.69 Å². The SMILES string of the molecule is CCc1ccc(OCC(=O)NNC(=S)Nc2cc(C)cc(C)c2)cc1. The van der Waals surface area contributed by atoms with E-state index in [0.717, 1.165) is 23.2 Å². The number of carbonyl (C=O) groups excluding carboxylic acids is 1. The number of thiocarbonyl (C=S) groups is 1. The van der Waals surface area contributed by atoms with E-state index in [1.807, 2.05) is 50.2 Å². The Labute approximate surface area is 153 Å². The fourth-order valence-corrected chi connectivity index (χ4v) is 2.51. The van der Waals surface area contributed by atoms with Gasteiger partial charge in [0.25, 0.3) is 5.91 Å². The molecule has 5 nitrogen and oxygen atoms in total. The third-order valence-electron chi connectivity index (χ3n) is 3.50. The first-order chi connectivity index (χ1) is 12.0. The first-order valence-corrected chi connectivity index (χ1v) is 8.53. The summed E-state index contributed by atoms with van der Waals surface area (Å²) in [5.74, 6) is 0.340. The zero-order chi connectivity index (χ0) is 18.2. The molecular weight excluding hydrogens is 334 g/mol. The largest absolute Gasteiger partial charge is 0.484 e. The Balaban J connectivity index is 1.74. The Morgan fingerprint density at radius 1 is 1.04 bits per heavy atom. The van der Waals surface area contributed by atoms with Gasteiger partial charge >= 0.3 is 0 Å². The van der Waals surface area contributed by atoms with Crippen molar-refractivity contribution in [1.82, 2.24) is 10.9 Å². The molecule has 0 atom stereocenters. The molecule has 0 aliphatic carbocycles. The maximum absolute atomic E-state index is 11.8.